The third-order valence-electron chi connectivity index (χ3n) is 3.36. The van der Waals surface area contributed by atoms with Crippen LogP contribution < -0.4 is 16.0 Å². The van der Waals surface area contributed by atoms with Crippen molar-refractivity contribution in [2.24, 2.45) is 0 Å². The number of unbranched alkanes of at least 4 members (excludes halogenated alkanes) is 1. The highest BCUT2D eigenvalue weighted by molar-refractivity contribution is 5.86. The van der Waals surface area contributed by atoms with Gasteiger partial charge in [-0.05, 0) is 45.0 Å². The van der Waals surface area contributed by atoms with Crippen LogP contribution in [0.2, 0.25) is 0 Å². The molecule has 1 heterocycles. The quantitative estimate of drug-likeness (QED) is 0.367. The van der Waals surface area contributed by atoms with E-state index in [-0.39, 0.29) is 12.8 Å². The maximum Gasteiger partial charge on any atom is 0.326 e. The maximum atomic E-state index is 11.9. The summed E-state index contributed by atoms with van der Waals surface area (Å²) in [5.41, 5.74) is 0. The van der Waals surface area contributed by atoms with Crippen LogP contribution in [0.3, 0.4) is 0 Å². The first-order chi connectivity index (χ1) is 11.4. The summed E-state index contributed by atoms with van der Waals surface area (Å²) in [6.07, 6.45) is 3.03. The molecule has 0 radical (unpaired) electrons. The molecule has 0 bridgehead atoms. The Morgan fingerprint density at radius 3 is 2.33 bits per heavy atom. The number of urea groups is 1. The topological polar surface area (TPSA) is 141 Å². The van der Waals surface area contributed by atoms with E-state index in [9.17, 15) is 14.4 Å². The number of aliphatic carboxylic acids is 2. The van der Waals surface area contributed by atoms with E-state index in [1.807, 2.05) is 0 Å². The largest absolute Gasteiger partial charge is 0.480 e. The summed E-state index contributed by atoms with van der Waals surface area (Å²) in [4.78, 5) is 34.3. The fourth-order valence-corrected chi connectivity index (χ4v) is 2.10. The van der Waals surface area contributed by atoms with Crippen molar-refractivity contribution >= 4 is 18.0 Å². The molecule has 0 spiro atoms. The number of hydrogen-bond donors (Lipinski definition) is 5. The van der Waals surface area contributed by atoms with Crippen LogP contribution in [0, 0.1) is 0 Å². The van der Waals surface area contributed by atoms with Gasteiger partial charge in [0.15, 0.2) is 0 Å². The number of carbonyl (C=O) groups is 3. The van der Waals surface area contributed by atoms with Crippen molar-refractivity contribution in [1.29, 1.82) is 0 Å². The Morgan fingerprint density at radius 1 is 1.12 bits per heavy atom. The zero-order valence-corrected chi connectivity index (χ0v) is 13.4. The Kier molecular flexibility index (Phi) is 8.34. The predicted molar refractivity (Wildman–Crippen MR) is 84.7 cm³/mol. The molecule has 0 aliphatic carbocycles. The van der Waals surface area contributed by atoms with Crippen molar-refractivity contribution in [1.82, 2.24) is 16.0 Å². The lowest BCUT2D eigenvalue weighted by molar-refractivity contribution is -0.139. The first-order valence-corrected chi connectivity index (χ1v) is 7.63. The molecule has 2 amide bonds. The molecule has 134 valence electrons. The molecular weight excluding hydrogens is 318 g/mol. The molecule has 5 N–H and O–H groups in total. The van der Waals surface area contributed by atoms with E-state index in [1.165, 1.54) is 6.26 Å². The van der Waals surface area contributed by atoms with Gasteiger partial charge in [-0.25, -0.2) is 14.4 Å². The van der Waals surface area contributed by atoms with Crippen LogP contribution in [0.5, 0.6) is 0 Å². The van der Waals surface area contributed by atoms with Crippen molar-refractivity contribution in [2.75, 3.05) is 13.6 Å². The number of carboxylic acids is 2. The Labute approximate surface area is 139 Å². The number of amides is 2. The first kappa shape index (κ1) is 19.5. The zero-order valence-electron chi connectivity index (χ0n) is 13.4. The summed E-state index contributed by atoms with van der Waals surface area (Å²) in [6.45, 7) is 0.753. The number of nitrogens with one attached hydrogen (secondary N) is 3. The van der Waals surface area contributed by atoms with Gasteiger partial charge in [0.1, 0.15) is 17.8 Å². The minimum Gasteiger partial charge on any atom is -0.480 e. The highest BCUT2D eigenvalue weighted by Crippen LogP contribution is 2.05. The van der Waals surface area contributed by atoms with Gasteiger partial charge in [-0.2, -0.15) is 0 Å². The van der Waals surface area contributed by atoms with Gasteiger partial charge in [-0.3, -0.25) is 0 Å². The highest BCUT2D eigenvalue weighted by Gasteiger charge is 2.25. The summed E-state index contributed by atoms with van der Waals surface area (Å²) in [6, 6.07) is 0.0851. The second-order valence-corrected chi connectivity index (χ2v) is 5.28. The molecule has 0 aromatic carbocycles. The second kappa shape index (κ2) is 10.3. The normalized spacial score (nSPS) is 13.0. The third-order valence-corrected chi connectivity index (χ3v) is 3.36. The van der Waals surface area contributed by atoms with E-state index < -0.39 is 30.1 Å². The van der Waals surface area contributed by atoms with Crippen LogP contribution in [0.4, 0.5) is 4.79 Å². The SMILES string of the molecule is CNCCCC[C@H](NC(=O)N[C@@H](Cc1ccco1)C(=O)O)C(=O)O. The van der Waals surface area contributed by atoms with E-state index in [0.717, 1.165) is 13.0 Å². The molecule has 9 nitrogen and oxygen atoms in total. The Hall–Kier alpha value is -2.55. The molecule has 1 aromatic rings. The number of carboxylic acid groups (broad SMARTS) is 2. The molecule has 0 unspecified atom stereocenters. The minimum atomic E-state index is -1.23. The zero-order chi connectivity index (χ0) is 17.9. The molecular formula is C15H23N3O6. The van der Waals surface area contributed by atoms with Gasteiger partial charge in [0.2, 0.25) is 0 Å². The van der Waals surface area contributed by atoms with Gasteiger partial charge in [0, 0.05) is 6.42 Å². The van der Waals surface area contributed by atoms with Crippen LogP contribution >= 0.6 is 0 Å². The minimum absolute atomic E-state index is 0.0321. The number of carbonyl (C=O) groups excluding carboxylic acids is 1. The third kappa shape index (κ3) is 7.14. The van der Waals surface area contributed by atoms with E-state index >= 15 is 0 Å². The van der Waals surface area contributed by atoms with E-state index in [1.54, 1.807) is 19.2 Å². The predicted octanol–water partition coefficient (Wildman–Crippen LogP) is 0.417. The van der Waals surface area contributed by atoms with Gasteiger partial charge >= 0.3 is 18.0 Å². The summed E-state index contributed by atoms with van der Waals surface area (Å²) >= 11 is 0. The van der Waals surface area contributed by atoms with Crippen molar-refractivity contribution < 1.29 is 29.0 Å². The summed E-state index contributed by atoms with van der Waals surface area (Å²) in [7, 11) is 1.80. The van der Waals surface area contributed by atoms with Crippen molar-refractivity contribution in [2.45, 2.75) is 37.8 Å². The van der Waals surface area contributed by atoms with Gasteiger partial charge in [0.05, 0.1) is 6.26 Å². The highest BCUT2D eigenvalue weighted by atomic mass is 16.4. The van der Waals surface area contributed by atoms with Crippen LogP contribution in [0.25, 0.3) is 0 Å². The van der Waals surface area contributed by atoms with E-state index in [2.05, 4.69) is 16.0 Å². The molecule has 0 saturated heterocycles. The van der Waals surface area contributed by atoms with Gasteiger partial charge in [-0.1, -0.05) is 0 Å². The van der Waals surface area contributed by atoms with Crippen molar-refractivity contribution in [3.05, 3.63) is 24.2 Å². The van der Waals surface area contributed by atoms with Crippen molar-refractivity contribution in [3.8, 4) is 0 Å². The number of rotatable bonds is 11. The average Bonchev–Trinajstić information content (AvgIpc) is 3.02. The van der Waals surface area contributed by atoms with Crippen LogP contribution in [0.1, 0.15) is 25.0 Å². The molecule has 1 aromatic heterocycles. The van der Waals surface area contributed by atoms with Crippen LogP contribution in [0.15, 0.2) is 22.8 Å². The van der Waals surface area contributed by atoms with E-state index in [0.29, 0.717) is 12.2 Å². The summed E-state index contributed by atoms with van der Waals surface area (Å²) in [5, 5.41) is 25.8. The average molecular weight is 341 g/mol. The van der Waals surface area contributed by atoms with Gasteiger partial charge < -0.3 is 30.6 Å². The van der Waals surface area contributed by atoms with Crippen LogP contribution in [-0.2, 0) is 16.0 Å². The molecule has 24 heavy (non-hydrogen) atoms. The molecule has 0 saturated carbocycles. The number of furan rings is 1. The molecule has 2 atom stereocenters. The Morgan fingerprint density at radius 2 is 1.79 bits per heavy atom. The Balaban J connectivity index is 2.52. The molecule has 0 aliphatic heterocycles. The Bertz CT molecular complexity index is 531. The van der Waals surface area contributed by atoms with Crippen LogP contribution in [-0.4, -0.2) is 53.9 Å². The van der Waals surface area contributed by atoms with Gasteiger partial charge in [-0.15, -0.1) is 0 Å². The molecule has 0 fully saturated rings. The summed E-state index contributed by atoms with van der Waals surface area (Å²) in [5.74, 6) is -1.99. The fourth-order valence-electron chi connectivity index (χ4n) is 2.10. The second-order valence-electron chi connectivity index (χ2n) is 5.28. The standard InChI is InChI=1S/C15H23N3O6/c1-16-7-3-2-6-11(13(19)20)17-15(23)18-12(14(21)22)9-10-5-4-8-24-10/h4-5,8,11-12,16H,2-3,6-7,9H2,1H3,(H,19,20)(H,21,22)(H2,17,18,23)/t11-,12-/m0/s1. The first-order valence-electron chi connectivity index (χ1n) is 7.63. The molecule has 1 rings (SSSR count). The monoisotopic (exact) mass is 341 g/mol. The molecule has 9 heteroatoms. The lowest BCUT2D eigenvalue weighted by Gasteiger charge is -2.18. The smallest absolute Gasteiger partial charge is 0.326 e. The lowest BCUT2D eigenvalue weighted by Crippen LogP contribution is -2.51. The lowest BCUT2D eigenvalue weighted by atomic mass is 10.1. The fraction of sp³-hybridized carbons (Fsp3) is 0.533. The molecule has 0 aliphatic rings. The summed E-state index contributed by atoms with van der Waals surface area (Å²) < 4.78 is 5.06. The number of hydrogen-bond acceptors (Lipinski definition) is 5. The van der Waals surface area contributed by atoms with E-state index in [4.69, 9.17) is 14.6 Å². The van der Waals surface area contributed by atoms with Gasteiger partial charge in [0.25, 0.3) is 0 Å². The maximum absolute atomic E-state index is 11.9. The van der Waals surface area contributed by atoms with Crippen molar-refractivity contribution in [3.63, 3.8) is 0 Å².